The number of benzene rings is 2. The monoisotopic (exact) mass is 537 g/mol. The third kappa shape index (κ3) is 7.57. The van der Waals surface area contributed by atoms with E-state index in [2.05, 4.69) is 21.2 Å². The Morgan fingerprint density at radius 1 is 1.09 bits per heavy atom. The normalized spacial score (nSPS) is 12.2. The summed E-state index contributed by atoms with van der Waals surface area (Å²) in [5.74, 6) is -0.733. The Kier molecular flexibility index (Phi) is 9.48. The Hall–Kier alpha value is -2.39. The summed E-state index contributed by atoms with van der Waals surface area (Å²) in [6.45, 7) is 7.71. The van der Waals surface area contributed by atoms with Gasteiger partial charge in [-0.2, -0.15) is 0 Å². The first-order valence-corrected chi connectivity index (χ1v) is 13.4. The number of sulfonamides is 1. The van der Waals surface area contributed by atoms with Gasteiger partial charge in [0.2, 0.25) is 21.8 Å². The minimum Gasteiger partial charge on any atom is -0.354 e. The number of aryl methyl sites for hydroxylation is 2. The number of anilines is 1. The van der Waals surface area contributed by atoms with E-state index in [1.54, 1.807) is 25.1 Å². The highest BCUT2D eigenvalue weighted by molar-refractivity contribution is 9.10. The van der Waals surface area contributed by atoms with Crippen LogP contribution in [-0.4, -0.2) is 50.5 Å². The predicted molar refractivity (Wildman–Crippen MR) is 136 cm³/mol. The first-order chi connectivity index (χ1) is 15.4. The molecular weight excluding hydrogens is 506 g/mol. The zero-order valence-electron chi connectivity index (χ0n) is 19.8. The highest BCUT2D eigenvalue weighted by Crippen LogP contribution is 2.25. The van der Waals surface area contributed by atoms with Crippen molar-refractivity contribution in [1.29, 1.82) is 0 Å². The summed E-state index contributed by atoms with van der Waals surface area (Å²) in [7, 11) is -3.74. The largest absolute Gasteiger partial charge is 0.354 e. The van der Waals surface area contributed by atoms with Gasteiger partial charge in [0, 0.05) is 17.6 Å². The molecule has 1 atom stereocenters. The lowest BCUT2D eigenvalue weighted by atomic mass is 10.1. The average Bonchev–Trinajstić information content (AvgIpc) is 2.76. The summed E-state index contributed by atoms with van der Waals surface area (Å²) >= 11 is 3.41. The molecule has 33 heavy (non-hydrogen) atoms. The van der Waals surface area contributed by atoms with Gasteiger partial charge in [-0.15, -0.1) is 0 Å². The number of nitrogens with one attached hydrogen (secondary N) is 1. The van der Waals surface area contributed by atoms with Gasteiger partial charge in [-0.1, -0.05) is 52.7 Å². The van der Waals surface area contributed by atoms with Crippen LogP contribution < -0.4 is 9.62 Å². The molecule has 0 spiro atoms. The molecule has 0 aliphatic rings. The van der Waals surface area contributed by atoms with Crippen LogP contribution in [0.15, 0.2) is 46.9 Å². The second-order valence-corrected chi connectivity index (χ2v) is 10.9. The summed E-state index contributed by atoms with van der Waals surface area (Å²) in [5.41, 5.74) is 3.18. The van der Waals surface area contributed by atoms with E-state index in [1.165, 1.54) is 4.90 Å². The van der Waals surface area contributed by atoms with Gasteiger partial charge in [0.1, 0.15) is 12.6 Å². The minimum absolute atomic E-state index is 0.191. The van der Waals surface area contributed by atoms with E-state index in [1.807, 2.05) is 45.0 Å². The lowest BCUT2D eigenvalue weighted by molar-refractivity contribution is -0.139. The van der Waals surface area contributed by atoms with Crippen molar-refractivity contribution in [3.05, 3.63) is 63.6 Å². The highest BCUT2D eigenvalue weighted by Gasteiger charge is 2.30. The van der Waals surface area contributed by atoms with Gasteiger partial charge in [-0.25, -0.2) is 8.42 Å². The van der Waals surface area contributed by atoms with Crippen LogP contribution in [0.3, 0.4) is 0 Å². The Morgan fingerprint density at radius 2 is 1.73 bits per heavy atom. The van der Waals surface area contributed by atoms with Gasteiger partial charge in [0.25, 0.3) is 0 Å². The Morgan fingerprint density at radius 3 is 2.27 bits per heavy atom. The molecule has 0 heterocycles. The first-order valence-electron chi connectivity index (χ1n) is 10.8. The second-order valence-electron chi connectivity index (χ2n) is 8.18. The molecule has 1 N–H and O–H groups in total. The van der Waals surface area contributed by atoms with Gasteiger partial charge in [0.05, 0.1) is 11.9 Å². The van der Waals surface area contributed by atoms with Crippen LogP contribution in [-0.2, 0) is 26.2 Å². The molecule has 0 aliphatic carbocycles. The molecule has 2 rings (SSSR count). The van der Waals surface area contributed by atoms with Crippen LogP contribution in [0.4, 0.5) is 5.69 Å². The molecule has 0 aliphatic heterocycles. The van der Waals surface area contributed by atoms with Crippen molar-refractivity contribution in [3.63, 3.8) is 0 Å². The van der Waals surface area contributed by atoms with Crippen molar-refractivity contribution >= 4 is 43.5 Å². The molecule has 0 saturated carbocycles. The lowest BCUT2D eigenvalue weighted by Gasteiger charge is -2.31. The standard InChI is InChI=1S/C24H32BrN3O4S/c1-6-13-26-24(30)19(4)27(15-20-9-7-17(2)8-10-20)23(29)16-28(33(5,31)32)21-11-12-22(25)18(3)14-21/h7-12,14,19H,6,13,15-16H2,1-5H3,(H,26,30). The summed E-state index contributed by atoms with van der Waals surface area (Å²) in [6, 6.07) is 12.0. The van der Waals surface area contributed by atoms with Crippen molar-refractivity contribution in [1.82, 2.24) is 10.2 Å². The molecule has 1 unspecified atom stereocenters. The number of nitrogens with zero attached hydrogens (tertiary/aromatic N) is 2. The van der Waals surface area contributed by atoms with E-state index in [4.69, 9.17) is 0 Å². The SMILES string of the molecule is CCCNC(=O)C(C)N(Cc1ccc(C)cc1)C(=O)CN(c1ccc(Br)c(C)c1)S(C)(=O)=O. The maximum atomic E-state index is 13.4. The van der Waals surface area contributed by atoms with Crippen molar-refractivity contribution < 1.29 is 18.0 Å². The van der Waals surface area contributed by atoms with E-state index in [0.717, 1.165) is 38.1 Å². The number of hydrogen-bond donors (Lipinski definition) is 1. The zero-order chi connectivity index (χ0) is 24.8. The third-order valence-corrected chi connectivity index (χ3v) is 7.33. The smallest absolute Gasteiger partial charge is 0.244 e. The lowest BCUT2D eigenvalue weighted by Crippen LogP contribution is -2.51. The molecule has 180 valence electrons. The number of hydrogen-bond acceptors (Lipinski definition) is 4. The molecule has 0 saturated heterocycles. The van der Waals surface area contributed by atoms with Gasteiger partial charge in [-0.3, -0.25) is 13.9 Å². The van der Waals surface area contributed by atoms with Crippen LogP contribution in [0.1, 0.15) is 37.0 Å². The van der Waals surface area contributed by atoms with Gasteiger partial charge in [-0.05, 0) is 56.5 Å². The first kappa shape index (κ1) is 26.9. The molecule has 9 heteroatoms. The summed E-state index contributed by atoms with van der Waals surface area (Å²) in [4.78, 5) is 27.6. The van der Waals surface area contributed by atoms with Crippen LogP contribution >= 0.6 is 15.9 Å². The van der Waals surface area contributed by atoms with Crippen molar-refractivity contribution in [2.75, 3.05) is 23.7 Å². The molecular formula is C24H32BrN3O4S. The minimum atomic E-state index is -3.74. The molecule has 0 radical (unpaired) electrons. The number of amides is 2. The van der Waals surface area contributed by atoms with Crippen molar-refractivity contribution in [2.45, 2.75) is 46.7 Å². The highest BCUT2D eigenvalue weighted by atomic mass is 79.9. The summed E-state index contributed by atoms with van der Waals surface area (Å²) < 4.78 is 27.1. The molecule has 2 amide bonds. The summed E-state index contributed by atoms with van der Waals surface area (Å²) in [6.07, 6.45) is 1.84. The zero-order valence-corrected chi connectivity index (χ0v) is 22.2. The van der Waals surface area contributed by atoms with Crippen LogP contribution in [0.5, 0.6) is 0 Å². The molecule has 2 aromatic carbocycles. The third-order valence-electron chi connectivity index (χ3n) is 5.30. The molecule has 7 nitrogen and oxygen atoms in total. The van der Waals surface area contributed by atoms with E-state index >= 15 is 0 Å². The van der Waals surface area contributed by atoms with Crippen molar-refractivity contribution in [2.24, 2.45) is 0 Å². The average molecular weight is 539 g/mol. The Balaban J connectivity index is 2.38. The van der Waals surface area contributed by atoms with Gasteiger partial charge < -0.3 is 10.2 Å². The molecule has 0 aromatic heterocycles. The van der Waals surface area contributed by atoms with Crippen molar-refractivity contribution in [3.8, 4) is 0 Å². The molecule has 0 fully saturated rings. The number of carbonyl (C=O) groups is 2. The number of rotatable bonds is 10. The molecule has 2 aromatic rings. The maximum absolute atomic E-state index is 13.4. The van der Waals surface area contributed by atoms with E-state index in [-0.39, 0.29) is 12.5 Å². The van der Waals surface area contributed by atoms with E-state index in [9.17, 15) is 18.0 Å². The second kappa shape index (κ2) is 11.7. The Labute approximate surface area is 205 Å². The van der Waals surface area contributed by atoms with Gasteiger partial charge >= 0.3 is 0 Å². The Bertz CT molecular complexity index is 1090. The number of halogens is 1. The fraction of sp³-hybridized carbons (Fsp3) is 0.417. The fourth-order valence-electron chi connectivity index (χ4n) is 3.27. The van der Waals surface area contributed by atoms with Crippen LogP contribution in [0.2, 0.25) is 0 Å². The summed E-state index contributed by atoms with van der Waals surface area (Å²) in [5, 5.41) is 2.82. The number of carbonyl (C=O) groups excluding carboxylic acids is 2. The fourth-order valence-corrected chi connectivity index (χ4v) is 4.35. The quantitative estimate of drug-likeness (QED) is 0.499. The topological polar surface area (TPSA) is 86.8 Å². The van der Waals surface area contributed by atoms with E-state index < -0.39 is 28.5 Å². The van der Waals surface area contributed by atoms with Crippen LogP contribution in [0, 0.1) is 13.8 Å². The van der Waals surface area contributed by atoms with E-state index in [0.29, 0.717) is 12.2 Å². The maximum Gasteiger partial charge on any atom is 0.244 e. The van der Waals surface area contributed by atoms with Gasteiger partial charge in [0.15, 0.2) is 0 Å². The van der Waals surface area contributed by atoms with Crippen LogP contribution in [0.25, 0.3) is 0 Å². The predicted octanol–water partition coefficient (Wildman–Crippen LogP) is 3.78. The molecule has 0 bridgehead atoms.